The van der Waals surface area contributed by atoms with Gasteiger partial charge in [0, 0.05) is 13.0 Å². The summed E-state index contributed by atoms with van der Waals surface area (Å²) in [7, 11) is 0. The van der Waals surface area contributed by atoms with Crippen molar-refractivity contribution in [3.05, 3.63) is 0 Å². The highest BCUT2D eigenvalue weighted by atomic mass is 35.5. The minimum absolute atomic E-state index is 0. The van der Waals surface area contributed by atoms with E-state index in [0.29, 0.717) is 0 Å². The second-order valence-corrected chi connectivity index (χ2v) is 2.13. The number of rotatable bonds is 1. The predicted molar refractivity (Wildman–Crippen MR) is 36.2 cm³/mol. The van der Waals surface area contributed by atoms with Gasteiger partial charge in [0.05, 0.1) is 0 Å². The van der Waals surface area contributed by atoms with Crippen LogP contribution < -0.4 is 5.32 Å². The Morgan fingerprint density at radius 3 is 2.50 bits per heavy atom. The van der Waals surface area contributed by atoms with Crippen molar-refractivity contribution in [1.82, 2.24) is 5.32 Å². The van der Waals surface area contributed by atoms with Crippen molar-refractivity contribution >= 4 is 18.4 Å². The highest BCUT2D eigenvalue weighted by Crippen LogP contribution is 2.09. The van der Waals surface area contributed by atoms with Gasteiger partial charge in [-0.15, -0.1) is 12.4 Å². The Kier molecular flexibility index (Phi) is 3.60. The molecule has 0 unspecified atom stereocenters. The van der Waals surface area contributed by atoms with Gasteiger partial charge in [0.15, 0.2) is 0 Å². The van der Waals surface area contributed by atoms with Crippen LogP contribution in [0.5, 0.6) is 0 Å². The van der Waals surface area contributed by atoms with Gasteiger partial charge in [-0.2, -0.15) is 0 Å². The summed E-state index contributed by atoms with van der Waals surface area (Å²) in [5.74, 6) is -0.963. The van der Waals surface area contributed by atoms with Gasteiger partial charge in [0.1, 0.15) is 12.2 Å². The normalized spacial score (nSPS) is 31.3. The first kappa shape index (κ1) is 9.65. The van der Waals surface area contributed by atoms with Crippen LogP contribution in [0.1, 0.15) is 6.42 Å². The Morgan fingerprint density at radius 1 is 1.70 bits per heavy atom. The summed E-state index contributed by atoms with van der Waals surface area (Å²) in [5, 5.41) is 10.8. The number of halogens is 2. The molecule has 2 atom stereocenters. The van der Waals surface area contributed by atoms with Crippen LogP contribution in [0.15, 0.2) is 0 Å². The molecule has 1 aliphatic rings. The molecule has 10 heavy (non-hydrogen) atoms. The molecule has 0 saturated carbocycles. The molecule has 0 amide bonds. The van der Waals surface area contributed by atoms with E-state index in [9.17, 15) is 9.18 Å². The topological polar surface area (TPSA) is 49.3 Å². The van der Waals surface area contributed by atoms with Gasteiger partial charge in [-0.1, -0.05) is 0 Å². The van der Waals surface area contributed by atoms with Crippen LogP contribution in [0.4, 0.5) is 4.39 Å². The van der Waals surface area contributed by atoms with E-state index in [1.165, 1.54) is 0 Å². The number of carboxylic acids is 1. The summed E-state index contributed by atoms with van der Waals surface area (Å²) in [6.45, 7) is 0.178. The first-order chi connectivity index (χ1) is 4.20. The van der Waals surface area contributed by atoms with E-state index in [-0.39, 0.29) is 25.4 Å². The summed E-state index contributed by atoms with van der Waals surface area (Å²) >= 11 is 0. The summed E-state index contributed by atoms with van der Waals surface area (Å²) in [5.41, 5.74) is 0. The highest BCUT2D eigenvalue weighted by molar-refractivity contribution is 5.85. The maximum Gasteiger partial charge on any atom is 0.320 e. The minimum Gasteiger partial charge on any atom is -0.480 e. The van der Waals surface area contributed by atoms with Crippen molar-refractivity contribution in [3.63, 3.8) is 0 Å². The molecular weight excluding hydrogens is 161 g/mol. The van der Waals surface area contributed by atoms with Crippen LogP contribution in [0.3, 0.4) is 0 Å². The molecule has 0 aliphatic carbocycles. The zero-order valence-electron chi connectivity index (χ0n) is 5.21. The van der Waals surface area contributed by atoms with Crippen molar-refractivity contribution in [3.8, 4) is 0 Å². The molecule has 60 valence electrons. The SMILES string of the molecule is Cl.O=C(O)[C@@H]1C[C@@H](F)CN1. The lowest BCUT2D eigenvalue weighted by Crippen LogP contribution is -2.29. The maximum atomic E-state index is 12.2. The van der Waals surface area contributed by atoms with E-state index in [1.807, 2.05) is 0 Å². The second kappa shape index (κ2) is 3.73. The van der Waals surface area contributed by atoms with E-state index >= 15 is 0 Å². The van der Waals surface area contributed by atoms with E-state index in [1.54, 1.807) is 0 Å². The molecule has 1 aliphatic heterocycles. The van der Waals surface area contributed by atoms with Crippen LogP contribution in [0, 0.1) is 0 Å². The van der Waals surface area contributed by atoms with E-state index in [0.717, 1.165) is 0 Å². The van der Waals surface area contributed by atoms with Crippen molar-refractivity contribution in [2.24, 2.45) is 0 Å². The first-order valence-corrected chi connectivity index (χ1v) is 2.80. The number of alkyl halides is 1. The van der Waals surface area contributed by atoms with Gasteiger partial charge in [0.25, 0.3) is 0 Å². The average Bonchev–Trinajstić information content (AvgIpc) is 2.14. The monoisotopic (exact) mass is 169 g/mol. The van der Waals surface area contributed by atoms with Crippen molar-refractivity contribution < 1.29 is 14.3 Å². The van der Waals surface area contributed by atoms with Gasteiger partial charge >= 0.3 is 5.97 Å². The Morgan fingerprint density at radius 2 is 2.30 bits per heavy atom. The molecule has 1 saturated heterocycles. The fourth-order valence-corrected chi connectivity index (χ4v) is 0.881. The Labute approximate surface area is 64.0 Å². The maximum absolute atomic E-state index is 12.2. The Balaban J connectivity index is 0.000000810. The predicted octanol–water partition coefficient (Wildman–Crippen LogP) is 0.193. The van der Waals surface area contributed by atoms with Gasteiger partial charge < -0.3 is 10.4 Å². The van der Waals surface area contributed by atoms with Crippen molar-refractivity contribution in [2.45, 2.75) is 18.6 Å². The van der Waals surface area contributed by atoms with Crippen molar-refractivity contribution in [1.29, 1.82) is 0 Å². The van der Waals surface area contributed by atoms with Crippen LogP contribution in [0.25, 0.3) is 0 Å². The summed E-state index contributed by atoms with van der Waals surface area (Å²) in [4.78, 5) is 10.1. The van der Waals surface area contributed by atoms with E-state index < -0.39 is 18.2 Å². The van der Waals surface area contributed by atoms with Crippen molar-refractivity contribution in [2.75, 3.05) is 6.54 Å². The Bertz CT molecular complexity index is 133. The number of nitrogens with one attached hydrogen (secondary N) is 1. The fraction of sp³-hybridized carbons (Fsp3) is 0.800. The molecule has 0 bridgehead atoms. The molecule has 3 nitrogen and oxygen atoms in total. The Hall–Kier alpha value is -0.350. The number of aliphatic carboxylic acids is 1. The average molecular weight is 170 g/mol. The molecule has 0 aromatic rings. The molecule has 0 spiro atoms. The highest BCUT2D eigenvalue weighted by Gasteiger charge is 2.28. The molecule has 2 N–H and O–H groups in total. The van der Waals surface area contributed by atoms with Crippen LogP contribution in [-0.4, -0.2) is 29.8 Å². The number of carbonyl (C=O) groups is 1. The number of hydrogen-bond donors (Lipinski definition) is 2. The van der Waals surface area contributed by atoms with E-state index in [4.69, 9.17) is 5.11 Å². The molecule has 0 radical (unpaired) electrons. The third-order valence-corrected chi connectivity index (χ3v) is 1.38. The third-order valence-electron chi connectivity index (χ3n) is 1.38. The quantitative estimate of drug-likeness (QED) is 0.589. The summed E-state index contributed by atoms with van der Waals surface area (Å²) in [6, 6.07) is -0.667. The van der Waals surface area contributed by atoms with E-state index in [2.05, 4.69) is 5.32 Å². The molecular formula is C5H9ClFNO2. The molecule has 1 rings (SSSR count). The van der Waals surface area contributed by atoms with Gasteiger partial charge in [-0.3, -0.25) is 4.79 Å². The molecule has 1 fully saturated rings. The smallest absolute Gasteiger partial charge is 0.320 e. The molecule has 1 heterocycles. The van der Waals surface area contributed by atoms with Crippen LogP contribution in [0.2, 0.25) is 0 Å². The number of carboxylic acid groups (broad SMARTS) is 1. The second-order valence-electron chi connectivity index (χ2n) is 2.13. The molecule has 0 aromatic carbocycles. The van der Waals surface area contributed by atoms with Gasteiger partial charge in [0.2, 0.25) is 0 Å². The summed E-state index contributed by atoms with van der Waals surface area (Å²) in [6.07, 6.45) is -0.874. The molecule has 0 aromatic heterocycles. The van der Waals surface area contributed by atoms with Crippen LogP contribution in [-0.2, 0) is 4.79 Å². The largest absolute Gasteiger partial charge is 0.480 e. The lowest BCUT2D eigenvalue weighted by atomic mass is 10.2. The first-order valence-electron chi connectivity index (χ1n) is 2.80. The lowest BCUT2D eigenvalue weighted by Gasteiger charge is -1.99. The fourth-order valence-electron chi connectivity index (χ4n) is 0.881. The van der Waals surface area contributed by atoms with Gasteiger partial charge in [-0.25, -0.2) is 4.39 Å². The molecule has 5 heteroatoms. The zero-order valence-corrected chi connectivity index (χ0v) is 6.03. The van der Waals surface area contributed by atoms with Crippen LogP contribution >= 0.6 is 12.4 Å². The van der Waals surface area contributed by atoms with Gasteiger partial charge in [-0.05, 0) is 0 Å². The lowest BCUT2D eigenvalue weighted by molar-refractivity contribution is -0.139. The minimum atomic E-state index is -0.980. The third kappa shape index (κ3) is 2.11. The summed E-state index contributed by atoms with van der Waals surface area (Å²) < 4.78 is 12.2. The standard InChI is InChI=1S/C5H8FNO2.ClH/c6-3-1-4(5(8)9)7-2-3;/h3-4,7H,1-2H2,(H,8,9);1H/t3-,4+;/m1./s1. The number of hydrogen-bond acceptors (Lipinski definition) is 2. The zero-order chi connectivity index (χ0) is 6.85.